The Labute approximate surface area is 205 Å². The van der Waals surface area contributed by atoms with Gasteiger partial charge in [-0.1, -0.05) is 30.7 Å². The minimum Gasteiger partial charge on any atom is -0.495 e. The van der Waals surface area contributed by atoms with Gasteiger partial charge < -0.3 is 13.9 Å². The van der Waals surface area contributed by atoms with Crippen molar-refractivity contribution in [3.8, 4) is 11.5 Å². The van der Waals surface area contributed by atoms with Crippen LogP contribution in [0.4, 0.5) is 10.1 Å². The van der Waals surface area contributed by atoms with Crippen molar-refractivity contribution in [3.63, 3.8) is 0 Å². The van der Waals surface area contributed by atoms with E-state index in [1.54, 1.807) is 42.5 Å². The number of carbonyl (C=O) groups excluding carboxylic acids is 1. The smallest absolute Gasteiger partial charge is 0.295 e. The van der Waals surface area contributed by atoms with E-state index in [0.717, 1.165) is 12.5 Å². The van der Waals surface area contributed by atoms with Gasteiger partial charge in [0, 0.05) is 5.69 Å². The number of amides is 1. The molecule has 3 aromatic carbocycles. The van der Waals surface area contributed by atoms with Crippen LogP contribution in [-0.2, 0) is 0 Å². The number of ether oxygens (including phenoxy) is 2. The molecule has 1 aliphatic heterocycles. The van der Waals surface area contributed by atoms with Gasteiger partial charge in [0.05, 0.1) is 35.7 Å². The molecule has 178 valence electrons. The summed E-state index contributed by atoms with van der Waals surface area (Å²) in [6, 6.07) is 14.9. The quantitative estimate of drug-likeness (QED) is 0.323. The van der Waals surface area contributed by atoms with Gasteiger partial charge in [0.1, 0.15) is 22.9 Å². The SMILES string of the molecule is CCCOc1ccc(C2c3c(oc4ccc(F)cc4c3=O)C(=O)N2c2ccc(OC)c(Cl)c2)cc1. The molecular formula is C27H21ClFNO5. The second kappa shape index (κ2) is 9.07. The van der Waals surface area contributed by atoms with E-state index in [9.17, 15) is 14.0 Å². The first-order valence-electron chi connectivity index (χ1n) is 11.1. The highest BCUT2D eigenvalue weighted by Crippen LogP contribution is 2.43. The molecule has 2 heterocycles. The van der Waals surface area contributed by atoms with Crippen LogP contribution >= 0.6 is 11.6 Å². The molecule has 35 heavy (non-hydrogen) atoms. The second-order valence-corrected chi connectivity index (χ2v) is 8.54. The van der Waals surface area contributed by atoms with Crippen LogP contribution in [0.15, 0.2) is 69.9 Å². The number of fused-ring (bicyclic) bond motifs is 2. The number of hydrogen-bond donors (Lipinski definition) is 0. The fourth-order valence-electron chi connectivity index (χ4n) is 4.30. The summed E-state index contributed by atoms with van der Waals surface area (Å²) in [5.41, 5.74) is 0.934. The van der Waals surface area contributed by atoms with Crippen molar-refractivity contribution in [1.82, 2.24) is 0 Å². The lowest BCUT2D eigenvalue weighted by molar-refractivity contribution is 0.0971. The summed E-state index contributed by atoms with van der Waals surface area (Å²) in [4.78, 5) is 28.7. The maximum atomic E-state index is 14.0. The topological polar surface area (TPSA) is 69.0 Å². The summed E-state index contributed by atoms with van der Waals surface area (Å²) in [7, 11) is 1.50. The van der Waals surface area contributed by atoms with Crippen LogP contribution < -0.4 is 19.8 Å². The van der Waals surface area contributed by atoms with Gasteiger partial charge in [0.15, 0.2) is 5.43 Å². The Morgan fingerprint density at radius 2 is 1.83 bits per heavy atom. The van der Waals surface area contributed by atoms with Crippen molar-refractivity contribution in [2.75, 3.05) is 18.6 Å². The first-order valence-corrected chi connectivity index (χ1v) is 11.5. The summed E-state index contributed by atoms with van der Waals surface area (Å²) in [6.45, 7) is 2.58. The van der Waals surface area contributed by atoms with Crippen molar-refractivity contribution in [1.29, 1.82) is 0 Å². The van der Waals surface area contributed by atoms with E-state index in [2.05, 4.69) is 0 Å². The van der Waals surface area contributed by atoms with E-state index in [0.29, 0.717) is 34.4 Å². The molecule has 1 aromatic heterocycles. The van der Waals surface area contributed by atoms with Gasteiger partial charge in [-0.3, -0.25) is 14.5 Å². The Balaban J connectivity index is 1.72. The van der Waals surface area contributed by atoms with E-state index in [4.69, 9.17) is 25.5 Å². The third-order valence-corrected chi connectivity index (χ3v) is 6.21. The molecule has 1 amide bonds. The van der Waals surface area contributed by atoms with Crippen LogP contribution in [0.2, 0.25) is 5.02 Å². The molecule has 0 N–H and O–H groups in total. The van der Waals surface area contributed by atoms with Crippen molar-refractivity contribution < 1.29 is 23.1 Å². The largest absolute Gasteiger partial charge is 0.495 e. The van der Waals surface area contributed by atoms with Crippen LogP contribution in [0.1, 0.15) is 41.1 Å². The first-order chi connectivity index (χ1) is 16.9. The number of methoxy groups -OCH3 is 1. The monoisotopic (exact) mass is 493 g/mol. The van der Waals surface area contributed by atoms with Crippen molar-refractivity contribution in [2.24, 2.45) is 0 Å². The zero-order chi connectivity index (χ0) is 24.7. The van der Waals surface area contributed by atoms with Crippen molar-refractivity contribution >= 4 is 34.2 Å². The molecule has 5 rings (SSSR count). The summed E-state index contributed by atoms with van der Waals surface area (Å²) in [5, 5.41) is 0.376. The summed E-state index contributed by atoms with van der Waals surface area (Å²) in [6.07, 6.45) is 0.864. The number of rotatable bonds is 6. The van der Waals surface area contributed by atoms with E-state index < -0.39 is 23.2 Å². The highest BCUT2D eigenvalue weighted by molar-refractivity contribution is 6.32. The Kier molecular flexibility index (Phi) is 5.94. The van der Waals surface area contributed by atoms with Gasteiger partial charge >= 0.3 is 0 Å². The van der Waals surface area contributed by atoms with Crippen LogP contribution in [0.5, 0.6) is 11.5 Å². The standard InChI is InChI=1S/C27H21ClFNO5/c1-3-12-34-18-8-4-15(5-9-18)24-23-25(31)19-13-16(29)6-10-21(19)35-26(23)27(32)30(24)17-7-11-22(33-2)20(28)14-17/h4-11,13-14,24H,3,12H2,1-2H3. The second-order valence-electron chi connectivity index (χ2n) is 8.13. The van der Waals surface area contributed by atoms with Gasteiger partial charge in [-0.25, -0.2) is 4.39 Å². The number of benzene rings is 3. The fraction of sp³-hybridized carbons (Fsp3) is 0.185. The molecular weight excluding hydrogens is 473 g/mol. The lowest BCUT2D eigenvalue weighted by Crippen LogP contribution is -2.29. The van der Waals surface area contributed by atoms with Gasteiger partial charge in [-0.05, 0) is 60.5 Å². The number of carbonyl (C=O) groups is 1. The molecule has 0 fully saturated rings. The van der Waals surface area contributed by atoms with E-state index in [1.807, 2.05) is 6.92 Å². The maximum Gasteiger partial charge on any atom is 0.295 e. The maximum absolute atomic E-state index is 14.0. The third-order valence-electron chi connectivity index (χ3n) is 5.91. The first kappa shape index (κ1) is 22.9. The average Bonchev–Trinajstić information content (AvgIpc) is 3.16. The highest BCUT2D eigenvalue weighted by atomic mass is 35.5. The minimum atomic E-state index is -0.814. The zero-order valence-corrected chi connectivity index (χ0v) is 19.8. The predicted molar refractivity (Wildman–Crippen MR) is 131 cm³/mol. The molecule has 0 aliphatic carbocycles. The molecule has 0 radical (unpaired) electrons. The Bertz CT molecular complexity index is 1500. The number of anilines is 1. The number of hydrogen-bond acceptors (Lipinski definition) is 5. The Hall–Kier alpha value is -3.84. The number of nitrogens with zero attached hydrogens (tertiary/aromatic N) is 1. The zero-order valence-electron chi connectivity index (χ0n) is 19.0. The molecule has 0 saturated carbocycles. The van der Waals surface area contributed by atoms with E-state index in [-0.39, 0.29) is 22.3 Å². The van der Waals surface area contributed by atoms with E-state index >= 15 is 0 Å². The molecule has 6 nitrogen and oxygen atoms in total. The summed E-state index contributed by atoms with van der Waals surface area (Å²) >= 11 is 6.36. The normalized spacial score (nSPS) is 14.9. The Morgan fingerprint density at radius 1 is 1.06 bits per heavy atom. The van der Waals surface area contributed by atoms with Crippen molar-refractivity contribution in [2.45, 2.75) is 19.4 Å². The molecule has 1 atom stereocenters. The lowest BCUT2D eigenvalue weighted by Gasteiger charge is -2.26. The van der Waals surface area contributed by atoms with E-state index in [1.165, 1.54) is 24.1 Å². The van der Waals surface area contributed by atoms with Crippen LogP contribution in [-0.4, -0.2) is 19.6 Å². The lowest BCUT2D eigenvalue weighted by atomic mass is 9.98. The average molecular weight is 494 g/mol. The van der Waals surface area contributed by atoms with Gasteiger partial charge in [0.2, 0.25) is 5.76 Å². The molecule has 0 spiro atoms. The molecule has 8 heteroatoms. The van der Waals surface area contributed by atoms with Gasteiger partial charge in [-0.2, -0.15) is 0 Å². The molecule has 4 aromatic rings. The van der Waals surface area contributed by atoms with Gasteiger partial charge in [0.25, 0.3) is 5.91 Å². The third kappa shape index (κ3) is 3.91. The van der Waals surface area contributed by atoms with Crippen LogP contribution in [0, 0.1) is 5.82 Å². The van der Waals surface area contributed by atoms with Gasteiger partial charge in [-0.15, -0.1) is 0 Å². The number of halogens is 2. The highest BCUT2D eigenvalue weighted by Gasteiger charge is 2.43. The summed E-state index contributed by atoms with van der Waals surface area (Å²) < 4.78 is 30.8. The molecule has 1 aliphatic rings. The molecule has 1 unspecified atom stereocenters. The molecule has 0 bridgehead atoms. The van der Waals surface area contributed by atoms with Crippen LogP contribution in [0.3, 0.4) is 0 Å². The predicted octanol–water partition coefficient (Wildman–Crippen LogP) is 6.13. The minimum absolute atomic E-state index is 0.0686. The summed E-state index contributed by atoms with van der Waals surface area (Å²) in [5.74, 6) is -0.0316. The van der Waals surface area contributed by atoms with Crippen LogP contribution in [0.25, 0.3) is 11.0 Å². The van der Waals surface area contributed by atoms with Crippen molar-refractivity contribution in [3.05, 3.63) is 98.6 Å². The Morgan fingerprint density at radius 3 is 2.51 bits per heavy atom. The molecule has 0 saturated heterocycles. The fourth-order valence-corrected chi connectivity index (χ4v) is 4.55.